The summed E-state index contributed by atoms with van der Waals surface area (Å²) in [7, 11) is 0. The maximum absolute atomic E-state index is 11.3. The number of carbonyl (C=O) groups is 2. The van der Waals surface area contributed by atoms with E-state index in [1.54, 1.807) is 0 Å². The lowest BCUT2D eigenvalue weighted by Crippen LogP contribution is -2.43. The van der Waals surface area contributed by atoms with Crippen molar-refractivity contribution in [3.05, 3.63) is 10.6 Å². The Morgan fingerprint density at radius 1 is 1.64 bits per heavy atom. The van der Waals surface area contributed by atoms with E-state index in [0.717, 1.165) is 0 Å². The van der Waals surface area contributed by atoms with Crippen LogP contribution < -0.4 is 0 Å². The number of ketones is 1. The normalized spacial score (nSPS) is 32.4. The molecule has 1 rings (SSSR count). The van der Waals surface area contributed by atoms with Crippen molar-refractivity contribution < 1.29 is 19.4 Å². The number of carbonyl (C=O) groups excluding carboxylic acids is 2. The summed E-state index contributed by atoms with van der Waals surface area (Å²) in [5, 5.41) is 9.56. The molecule has 14 heavy (non-hydrogen) atoms. The number of Topliss-reactive ketones (excluding diaryl/α,β-unsaturated/α-hetero) is 1. The number of aliphatic hydroxyl groups is 1. The summed E-state index contributed by atoms with van der Waals surface area (Å²) in [5.41, 5.74) is 0. The van der Waals surface area contributed by atoms with E-state index in [4.69, 9.17) is 4.74 Å². The van der Waals surface area contributed by atoms with E-state index in [0.29, 0.717) is 4.48 Å². The van der Waals surface area contributed by atoms with E-state index >= 15 is 0 Å². The van der Waals surface area contributed by atoms with Crippen LogP contribution in [0.25, 0.3) is 0 Å². The molecular weight excluding hydrogens is 320 g/mol. The Labute approximate surface area is 97.6 Å². The van der Waals surface area contributed by atoms with Gasteiger partial charge in [-0.25, -0.2) is 0 Å². The van der Waals surface area contributed by atoms with Gasteiger partial charge in [-0.2, -0.15) is 0 Å². The second-order valence-corrected chi connectivity index (χ2v) is 4.69. The van der Waals surface area contributed by atoms with Gasteiger partial charge in [-0.15, -0.1) is 0 Å². The highest BCUT2D eigenvalue weighted by atomic mass is 79.9. The van der Waals surface area contributed by atoms with Crippen molar-refractivity contribution in [1.82, 2.24) is 0 Å². The molecule has 4 nitrogen and oxygen atoms in total. The fourth-order valence-electron chi connectivity index (χ4n) is 1.07. The molecule has 0 heterocycles. The molecule has 0 aromatic carbocycles. The van der Waals surface area contributed by atoms with Gasteiger partial charge >= 0.3 is 5.97 Å². The molecule has 0 amide bonds. The van der Waals surface area contributed by atoms with Gasteiger partial charge in [0.2, 0.25) is 0 Å². The zero-order valence-corrected chi connectivity index (χ0v) is 10.4. The average molecular weight is 328 g/mol. The van der Waals surface area contributed by atoms with Gasteiger partial charge in [-0.1, -0.05) is 15.9 Å². The largest absolute Gasteiger partial charge is 0.455 e. The van der Waals surface area contributed by atoms with Gasteiger partial charge < -0.3 is 9.84 Å². The lowest BCUT2D eigenvalue weighted by Gasteiger charge is -2.27. The molecule has 0 fully saturated rings. The van der Waals surface area contributed by atoms with Crippen LogP contribution in [0.4, 0.5) is 0 Å². The standard InChI is InChI=1S/C8H8Br2O4/c1-3(11)14-5-2-4(9)7(12)6(10)8(5)13/h2,5-6,8,13H,1H3/t5-,6+,8+/m0/s1. The Morgan fingerprint density at radius 3 is 2.71 bits per heavy atom. The van der Waals surface area contributed by atoms with Crippen LogP contribution in [-0.2, 0) is 14.3 Å². The molecule has 0 aliphatic heterocycles. The van der Waals surface area contributed by atoms with Gasteiger partial charge in [-0.05, 0) is 22.0 Å². The lowest BCUT2D eigenvalue weighted by atomic mass is 10.0. The van der Waals surface area contributed by atoms with Crippen LogP contribution in [0.3, 0.4) is 0 Å². The maximum atomic E-state index is 11.3. The highest BCUT2D eigenvalue weighted by Gasteiger charge is 2.37. The van der Waals surface area contributed by atoms with Gasteiger partial charge in [0.05, 0.1) is 4.48 Å². The SMILES string of the molecule is CC(=O)O[C@H]1C=C(Br)C(=O)[C@@H](Br)[C@@H]1O. The first-order valence-electron chi connectivity index (χ1n) is 3.84. The van der Waals surface area contributed by atoms with Gasteiger partial charge in [0, 0.05) is 6.92 Å². The second kappa shape index (κ2) is 4.55. The minimum Gasteiger partial charge on any atom is -0.455 e. The fraction of sp³-hybridized carbons (Fsp3) is 0.500. The highest BCUT2D eigenvalue weighted by molar-refractivity contribution is 9.12. The molecule has 0 saturated carbocycles. The minimum absolute atomic E-state index is 0.263. The van der Waals surface area contributed by atoms with Crippen molar-refractivity contribution >= 4 is 43.6 Å². The third-order valence-corrected chi connectivity index (χ3v) is 3.35. The molecule has 78 valence electrons. The van der Waals surface area contributed by atoms with E-state index in [1.165, 1.54) is 13.0 Å². The van der Waals surface area contributed by atoms with Crippen LogP contribution in [-0.4, -0.2) is 33.9 Å². The third-order valence-electron chi connectivity index (χ3n) is 1.73. The summed E-state index contributed by atoms with van der Waals surface area (Å²) in [6.45, 7) is 1.24. The number of hydrogen-bond acceptors (Lipinski definition) is 4. The Kier molecular flexibility index (Phi) is 3.86. The molecule has 0 bridgehead atoms. The van der Waals surface area contributed by atoms with Crippen molar-refractivity contribution in [3.63, 3.8) is 0 Å². The van der Waals surface area contributed by atoms with Crippen LogP contribution >= 0.6 is 31.9 Å². The molecule has 6 heteroatoms. The molecule has 0 unspecified atom stereocenters. The summed E-state index contributed by atoms with van der Waals surface area (Å²) in [5.74, 6) is -0.763. The molecular formula is C8H8Br2O4. The summed E-state index contributed by atoms with van der Waals surface area (Å²) in [6.07, 6.45) is -0.455. The van der Waals surface area contributed by atoms with E-state index in [9.17, 15) is 14.7 Å². The molecule has 0 spiro atoms. The zero-order chi connectivity index (χ0) is 10.9. The molecule has 1 aliphatic rings. The molecule has 0 aromatic rings. The first-order valence-corrected chi connectivity index (χ1v) is 5.55. The van der Waals surface area contributed by atoms with Crippen molar-refractivity contribution in [1.29, 1.82) is 0 Å². The number of halogens is 2. The molecule has 0 radical (unpaired) electrons. The fourth-order valence-corrected chi connectivity index (χ4v) is 2.44. The highest BCUT2D eigenvalue weighted by Crippen LogP contribution is 2.27. The molecule has 3 atom stereocenters. The Hall–Kier alpha value is -0.200. The van der Waals surface area contributed by atoms with Gasteiger partial charge in [0.15, 0.2) is 5.78 Å². The minimum atomic E-state index is -1.05. The Morgan fingerprint density at radius 2 is 2.21 bits per heavy atom. The van der Waals surface area contributed by atoms with Crippen LogP contribution in [0.1, 0.15) is 6.92 Å². The van der Waals surface area contributed by atoms with Crippen LogP contribution in [0.2, 0.25) is 0 Å². The van der Waals surface area contributed by atoms with Crippen molar-refractivity contribution in [2.24, 2.45) is 0 Å². The number of ether oxygens (including phenoxy) is 1. The molecule has 1 N–H and O–H groups in total. The van der Waals surface area contributed by atoms with Crippen LogP contribution in [0.15, 0.2) is 10.6 Å². The van der Waals surface area contributed by atoms with E-state index in [1.807, 2.05) is 0 Å². The lowest BCUT2D eigenvalue weighted by molar-refractivity contribution is -0.150. The monoisotopic (exact) mass is 326 g/mol. The maximum Gasteiger partial charge on any atom is 0.303 e. The molecule has 0 saturated heterocycles. The van der Waals surface area contributed by atoms with Crippen molar-refractivity contribution in [2.75, 3.05) is 0 Å². The summed E-state index contributed by atoms with van der Waals surface area (Å²) in [4.78, 5) is 21.2. The number of aliphatic hydroxyl groups excluding tert-OH is 1. The van der Waals surface area contributed by atoms with E-state index < -0.39 is 23.0 Å². The molecule has 0 aromatic heterocycles. The molecule has 1 aliphatic carbocycles. The van der Waals surface area contributed by atoms with Crippen molar-refractivity contribution in [2.45, 2.75) is 24.0 Å². The number of hydrogen-bond donors (Lipinski definition) is 1. The van der Waals surface area contributed by atoms with Crippen molar-refractivity contribution in [3.8, 4) is 0 Å². The second-order valence-electron chi connectivity index (χ2n) is 2.85. The third kappa shape index (κ3) is 2.43. The van der Waals surface area contributed by atoms with E-state index in [-0.39, 0.29) is 5.78 Å². The summed E-state index contributed by atoms with van der Waals surface area (Å²) >= 11 is 6.06. The number of allylic oxidation sites excluding steroid dienone is 1. The first-order chi connectivity index (χ1) is 6.43. The number of rotatable bonds is 1. The topological polar surface area (TPSA) is 63.6 Å². The van der Waals surface area contributed by atoms with Gasteiger partial charge in [0.25, 0.3) is 0 Å². The number of alkyl halides is 1. The Bertz CT molecular complexity index is 300. The van der Waals surface area contributed by atoms with Gasteiger partial charge in [-0.3, -0.25) is 9.59 Å². The summed E-state index contributed by atoms with van der Waals surface area (Å²) < 4.78 is 5.12. The van der Waals surface area contributed by atoms with Crippen LogP contribution in [0.5, 0.6) is 0 Å². The van der Waals surface area contributed by atoms with E-state index in [2.05, 4.69) is 31.9 Å². The quantitative estimate of drug-likeness (QED) is 0.574. The number of esters is 1. The predicted octanol–water partition coefficient (Wildman–Crippen LogP) is 0.904. The average Bonchev–Trinajstić information content (AvgIpc) is 2.10. The smallest absolute Gasteiger partial charge is 0.303 e. The zero-order valence-electron chi connectivity index (χ0n) is 7.24. The summed E-state index contributed by atoms with van der Waals surface area (Å²) in [6, 6.07) is 0. The van der Waals surface area contributed by atoms with Crippen LogP contribution in [0, 0.1) is 0 Å². The predicted molar refractivity (Wildman–Crippen MR) is 56.3 cm³/mol. The Balaban J connectivity index is 2.87. The first kappa shape index (κ1) is 11.9. The van der Waals surface area contributed by atoms with Gasteiger partial charge in [0.1, 0.15) is 17.0 Å².